The van der Waals surface area contributed by atoms with Gasteiger partial charge in [-0.15, -0.1) is 0 Å². The van der Waals surface area contributed by atoms with E-state index in [0.29, 0.717) is 19.6 Å². The number of Topliss-reactive ketones (excluding diaryl/α,β-unsaturated/α-hetero) is 1. The van der Waals surface area contributed by atoms with Crippen molar-refractivity contribution in [1.82, 2.24) is 0 Å². The predicted molar refractivity (Wildman–Crippen MR) is 68.0 cm³/mol. The maximum absolute atomic E-state index is 13.8. The van der Waals surface area contributed by atoms with Crippen LogP contribution in [-0.4, -0.2) is 37.7 Å². The van der Waals surface area contributed by atoms with Crippen LogP contribution in [0.4, 0.5) is 10.1 Å². The first-order chi connectivity index (χ1) is 9.68. The molecule has 0 aromatic heterocycles. The molecule has 0 spiro atoms. The van der Waals surface area contributed by atoms with E-state index in [1.54, 1.807) is 0 Å². The van der Waals surface area contributed by atoms with E-state index >= 15 is 0 Å². The third kappa shape index (κ3) is 2.21. The molecule has 0 N–H and O–H groups in total. The second-order valence-corrected chi connectivity index (χ2v) is 4.74. The zero-order valence-electron chi connectivity index (χ0n) is 10.8. The Morgan fingerprint density at radius 2 is 2.00 bits per heavy atom. The van der Waals surface area contributed by atoms with E-state index in [2.05, 4.69) is 0 Å². The van der Waals surface area contributed by atoms with Gasteiger partial charge in [-0.1, -0.05) is 6.07 Å². The molecule has 3 rings (SSSR count). The molecule has 6 heteroatoms. The fourth-order valence-electron chi connectivity index (χ4n) is 2.46. The number of ketones is 1. The Hall–Kier alpha value is -1.79. The van der Waals surface area contributed by atoms with Crippen LogP contribution in [0.5, 0.6) is 0 Å². The van der Waals surface area contributed by atoms with Gasteiger partial charge in [0.25, 0.3) is 11.7 Å². The molecule has 2 heterocycles. The lowest BCUT2D eigenvalue weighted by atomic mass is 10.1. The van der Waals surface area contributed by atoms with Crippen LogP contribution in [0, 0.1) is 5.82 Å². The molecule has 1 aromatic carbocycles. The summed E-state index contributed by atoms with van der Waals surface area (Å²) in [5.74, 6) is -1.92. The Labute approximate surface area is 115 Å². The van der Waals surface area contributed by atoms with E-state index in [9.17, 15) is 14.0 Å². The van der Waals surface area contributed by atoms with Gasteiger partial charge in [-0.05, 0) is 18.6 Å². The van der Waals surface area contributed by atoms with Crippen molar-refractivity contribution < 1.29 is 23.5 Å². The summed E-state index contributed by atoms with van der Waals surface area (Å²) in [6, 6.07) is 4.13. The maximum atomic E-state index is 13.8. The number of benzene rings is 1. The zero-order valence-corrected chi connectivity index (χ0v) is 10.8. The number of hydrogen-bond donors (Lipinski definition) is 0. The largest absolute Gasteiger partial charge is 0.353 e. The van der Waals surface area contributed by atoms with Crippen molar-refractivity contribution in [2.24, 2.45) is 0 Å². The molecule has 2 aliphatic rings. The first-order valence-electron chi connectivity index (χ1n) is 6.56. The van der Waals surface area contributed by atoms with Crippen LogP contribution in [0.2, 0.25) is 0 Å². The number of fused-ring (bicyclic) bond motifs is 1. The van der Waals surface area contributed by atoms with Crippen molar-refractivity contribution in [2.45, 2.75) is 19.1 Å². The highest BCUT2D eigenvalue weighted by molar-refractivity contribution is 6.52. The minimum absolute atomic E-state index is 0.0679. The molecule has 0 unspecified atom stereocenters. The molecule has 0 atom stereocenters. The van der Waals surface area contributed by atoms with Crippen molar-refractivity contribution in [2.75, 3.05) is 24.7 Å². The average molecular weight is 279 g/mol. The van der Waals surface area contributed by atoms with Crippen LogP contribution in [0.25, 0.3) is 0 Å². The molecular weight excluding hydrogens is 265 g/mol. The van der Waals surface area contributed by atoms with Gasteiger partial charge in [0.2, 0.25) is 0 Å². The number of nitrogens with zero attached hydrogens (tertiary/aromatic N) is 1. The average Bonchev–Trinajstić information content (AvgIpc) is 2.72. The summed E-state index contributed by atoms with van der Waals surface area (Å²) in [5.41, 5.74) is 0.193. The van der Waals surface area contributed by atoms with Gasteiger partial charge in [0, 0.05) is 13.0 Å². The molecule has 0 aliphatic carbocycles. The molecule has 20 heavy (non-hydrogen) atoms. The highest BCUT2D eigenvalue weighted by atomic mass is 19.1. The van der Waals surface area contributed by atoms with Crippen molar-refractivity contribution in [1.29, 1.82) is 0 Å². The van der Waals surface area contributed by atoms with Gasteiger partial charge < -0.3 is 14.4 Å². The van der Waals surface area contributed by atoms with Crippen LogP contribution in [0.1, 0.15) is 23.2 Å². The van der Waals surface area contributed by atoms with E-state index in [4.69, 9.17) is 9.47 Å². The Bertz CT molecular complexity index is 554. The first-order valence-corrected chi connectivity index (χ1v) is 6.56. The molecule has 1 saturated heterocycles. The van der Waals surface area contributed by atoms with E-state index < -0.39 is 23.8 Å². The smallest absolute Gasteiger partial charge is 0.299 e. The summed E-state index contributed by atoms with van der Waals surface area (Å²) >= 11 is 0. The molecule has 2 aliphatic heterocycles. The van der Waals surface area contributed by atoms with Gasteiger partial charge in [0.05, 0.1) is 24.5 Å². The minimum Gasteiger partial charge on any atom is -0.353 e. The summed E-state index contributed by atoms with van der Waals surface area (Å²) in [6.45, 7) is 1.42. The van der Waals surface area contributed by atoms with E-state index in [1.165, 1.54) is 23.1 Å². The third-order valence-corrected chi connectivity index (χ3v) is 3.43. The van der Waals surface area contributed by atoms with Crippen LogP contribution < -0.4 is 4.90 Å². The number of amides is 1. The Morgan fingerprint density at radius 3 is 2.75 bits per heavy atom. The second-order valence-electron chi connectivity index (χ2n) is 4.74. The fourth-order valence-corrected chi connectivity index (χ4v) is 2.46. The van der Waals surface area contributed by atoms with Gasteiger partial charge >= 0.3 is 0 Å². The maximum Gasteiger partial charge on any atom is 0.299 e. The highest BCUT2D eigenvalue weighted by Gasteiger charge is 2.38. The number of carbonyl (C=O) groups is 2. The number of anilines is 1. The molecule has 0 saturated carbocycles. The van der Waals surface area contributed by atoms with Crippen molar-refractivity contribution in [3.63, 3.8) is 0 Å². The summed E-state index contributed by atoms with van der Waals surface area (Å²) in [6.07, 6.45) is 0.851. The lowest BCUT2D eigenvalue weighted by Gasteiger charge is -2.25. The van der Waals surface area contributed by atoms with Gasteiger partial charge in [-0.25, -0.2) is 4.39 Å². The zero-order chi connectivity index (χ0) is 14.1. The third-order valence-electron chi connectivity index (χ3n) is 3.43. The van der Waals surface area contributed by atoms with E-state index in [0.717, 1.165) is 6.42 Å². The van der Waals surface area contributed by atoms with Crippen LogP contribution in [-0.2, 0) is 14.3 Å². The molecule has 0 radical (unpaired) electrons. The topological polar surface area (TPSA) is 55.8 Å². The predicted octanol–water partition coefficient (Wildman–Crippen LogP) is 1.51. The standard InChI is InChI=1S/C14H14FNO4/c15-10-4-1-3-9-12(10)16(14(18)13(9)17)6-5-11-19-7-2-8-20-11/h1,3-4,11H,2,5-8H2. The Kier molecular flexibility index (Phi) is 3.50. The fraction of sp³-hybridized carbons (Fsp3) is 0.429. The number of carbonyl (C=O) groups excluding carboxylic acids is 2. The molecule has 1 aromatic rings. The number of para-hydroxylation sites is 1. The molecule has 106 valence electrons. The lowest BCUT2D eigenvalue weighted by Crippen LogP contribution is -2.35. The van der Waals surface area contributed by atoms with Gasteiger partial charge in [0.1, 0.15) is 5.82 Å². The lowest BCUT2D eigenvalue weighted by molar-refractivity contribution is -0.179. The van der Waals surface area contributed by atoms with Crippen LogP contribution in [0.3, 0.4) is 0 Å². The monoisotopic (exact) mass is 279 g/mol. The number of hydrogen-bond acceptors (Lipinski definition) is 4. The summed E-state index contributed by atoms with van der Waals surface area (Å²) in [4.78, 5) is 24.9. The number of rotatable bonds is 3. The van der Waals surface area contributed by atoms with Gasteiger partial charge in [-0.3, -0.25) is 9.59 Å². The van der Waals surface area contributed by atoms with Crippen LogP contribution >= 0.6 is 0 Å². The minimum atomic E-state index is -0.694. The van der Waals surface area contributed by atoms with Gasteiger partial charge in [0.15, 0.2) is 6.29 Å². The normalized spacial score (nSPS) is 19.6. The molecule has 5 nitrogen and oxygen atoms in total. The first kappa shape index (κ1) is 13.2. The summed E-state index contributed by atoms with van der Waals surface area (Å²) in [7, 11) is 0. The summed E-state index contributed by atoms with van der Waals surface area (Å²) < 4.78 is 24.6. The SMILES string of the molecule is O=C1C(=O)N(CCC2OCCCO2)c2c(F)cccc21. The van der Waals surface area contributed by atoms with Crippen LogP contribution in [0.15, 0.2) is 18.2 Å². The van der Waals surface area contributed by atoms with Crippen molar-refractivity contribution in [3.05, 3.63) is 29.6 Å². The Balaban J connectivity index is 1.77. The number of halogens is 1. The molecule has 0 bridgehead atoms. The highest BCUT2D eigenvalue weighted by Crippen LogP contribution is 2.31. The van der Waals surface area contributed by atoms with Gasteiger partial charge in [-0.2, -0.15) is 0 Å². The van der Waals surface area contributed by atoms with Crippen molar-refractivity contribution >= 4 is 17.4 Å². The number of ether oxygens (including phenoxy) is 2. The quantitative estimate of drug-likeness (QED) is 0.787. The molecule has 1 fully saturated rings. The summed E-state index contributed by atoms with van der Waals surface area (Å²) in [5, 5.41) is 0. The second kappa shape index (κ2) is 5.30. The molecule has 1 amide bonds. The molecular formula is C14H14FNO4. The van der Waals surface area contributed by atoms with Crippen molar-refractivity contribution in [3.8, 4) is 0 Å². The van der Waals surface area contributed by atoms with E-state index in [1.807, 2.05) is 0 Å². The Morgan fingerprint density at radius 1 is 1.25 bits per heavy atom. The van der Waals surface area contributed by atoms with E-state index in [-0.39, 0.29) is 17.8 Å².